The van der Waals surface area contributed by atoms with Crippen molar-refractivity contribution < 1.29 is 9.53 Å². The van der Waals surface area contributed by atoms with Gasteiger partial charge in [0.1, 0.15) is 0 Å². The van der Waals surface area contributed by atoms with E-state index in [4.69, 9.17) is 4.74 Å². The van der Waals surface area contributed by atoms with Crippen molar-refractivity contribution in [3.63, 3.8) is 0 Å². The lowest BCUT2D eigenvalue weighted by molar-refractivity contribution is 0.0449. The molecule has 2 aromatic heterocycles. The maximum atomic E-state index is 12.1. The highest BCUT2D eigenvalue weighted by Gasteiger charge is 2.15. The van der Waals surface area contributed by atoms with Gasteiger partial charge in [-0.1, -0.05) is 48.9 Å². The number of benzene rings is 1. The molecule has 0 atom stereocenters. The van der Waals surface area contributed by atoms with E-state index < -0.39 is 5.97 Å². The molecule has 0 aliphatic heterocycles. The van der Waals surface area contributed by atoms with Crippen LogP contribution in [0.15, 0.2) is 36.5 Å². The van der Waals surface area contributed by atoms with E-state index in [1.54, 1.807) is 15.6 Å². The number of hydrogen-bond acceptors (Lipinski definition) is 7. The van der Waals surface area contributed by atoms with E-state index in [2.05, 4.69) is 32.8 Å². The minimum absolute atomic E-state index is 0.00108. The quantitative estimate of drug-likeness (QED) is 0.572. The summed E-state index contributed by atoms with van der Waals surface area (Å²) in [5.41, 5.74) is 1.23. The molecule has 0 bridgehead atoms. The molecule has 0 fully saturated rings. The van der Waals surface area contributed by atoms with E-state index in [0.717, 1.165) is 18.4 Å². The van der Waals surface area contributed by atoms with Gasteiger partial charge in [0.15, 0.2) is 18.1 Å². The average Bonchev–Trinajstić information content (AvgIpc) is 3.28. The Morgan fingerprint density at radius 2 is 2.00 bits per heavy atom. The molecular formula is C16H19N7O2. The fourth-order valence-corrected chi connectivity index (χ4v) is 2.25. The van der Waals surface area contributed by atoms with Crippen molar-refractivity contribution in [1.82, 2.24) is 35.2 Å². The van der Waals surface area contributed by atoms with E-state index in [1.807, 2.05) is 30.3 Å². The summed E-state index contributed by atoms with van der Waals surface area (Å²) in [4.78, 5) is 12.1. The van der Waals surface area contributed by atoms with Crippen LogP contribution in [0.2, 0.25) is 0 Å². The number of rotatable bonds is 8. The highest BCUT2D eigenvalue weighted by molar-refractivity contribution is 5.86. The summed E-state index contributed by atoms with van der Waals surface area (Å²) in [6.07, 6.45) is 3.55. The number of nitrogens with zero attached hydrogens (tertiary/aromatic N) is 7. The molecule has 0 unspecified atom stereocenters. The normalized spacial score (nSPS) is 10.8. The molecule has 9 heteroatoms. The zero-order chi connectivity index (χ0) is 17.5. The summed E-state index contributed by atoms with van der Waals surface area (Å²) in [7, 11) is 0. The number of aromatic nitrogens is 7. The van der Waals surface area contributed by atoms with E-state index in [-0.39, 0.29) is 12.3 Å². The Morgan fingerprint density at radius 3 is 2.80 bits per heavy atom. The van der Waals surface area contributed by atoms with Crippen LogP contribution in [0.25, 0.3) is 0 Å². The van der Waals surface area contributed by atoms with Crippen LogP contribution >= 0.6 is 0 Å². The molecule has 3 rings (SSSR count). The molecule has 0 saturated carbocycles. The summed E-state index contributed by atoms with van der Waals surface area (Å²) in [6.45, 7) is 3.32. The highest BCUT2D eigenvalue weighted by Crippen LogP contribution is 2.05. The van der Waals surface area contributed by atoms with E-state index in [1.165, 1.54) is 0 Å². The first kappa shape index (κ1) is 16.7. The molecule has 0 aliphatic carbocycles. The summed E-state index contributed by atoms with van der Waals surface area (Å²) < 4.78 is 8.47. The zero-order valence-corrected chi connectivity index (χ0v) is 13.9. The van der Waals surface area contributed by atoms with E-state index >= 15 is 0 Å². The van der Waals surface area contributed by atoms with Crippen molar-refractivity contribution in [3.05, 3.63) is 53.6 Å². The number of aryl methyl sites for hydroxylation is 1. The molecule has 25 heavy (non-hydrogen) atoms. The van der Waals surface area contributed by atoms with Gasteiger partial charge in [-0.15, -0.1) is 10.2 Å². The van der Waals surface area contributed by atoms with Gasteiger partial charge < -0.3 is 4.74 Å². The minimum atomic E-state index is -0.552. The van der Waals surface area contributed by atoms with Gasteiger partial charge in [-0.05, 0) is 22.4 Å². The first-order valence-corrected chi connectivity index (χ1v) is 8.12. The minimum Gasteiger partial charge on any atom is -0.453 e. The molecule has 0 saturated heterocycles. The van der Waals surface area contributed by atoms with E-state index in [0.29, 0.717) is 18.9 Å². The second-order valence-corrected chi connectivity index (χ2v) is 5.53. The molecule has 0 amide bonds. The SMILES string of the molecule is CCCCn1nnnc1COC(=O)c1cn(Cc2ccccc2)nn1. The van der Waals surface area contributed by atoms with Gasteiger partial charge in [0, 0.05) is 6.54 Å². The molecule has 3 aromatic rings. The molecule has 0 N–H and O–H groups in total. The Bertz CT molecular complexity index is 813. The van der Waals surface area contributed by atoms with Crippen LogP contribution in [0.3, 0.4) is 0 Å². The molecule has 0 radical (unpaired) electrons. The van der Waals surface area contributed by atoms with Crippen LogP contribution in [0, 0.1) is 0 Å². The number of esters is 1. The first-order chi connectivity index (χ1) is 12.3. The Morgan fingerprint density at radius 1 is 1.16 bits per heavy atom. The number of tetrazole rings is 1. The topological polar surface area (TPSA) is 101 Å². The van der Waals surface area contributed by atoms with Crippen molar-refractivity contribution >= 4 is 5.97 Å². The third-order valence-corrected chi connectivity index (χ3v) is 3.60. The molecule has 130 valence electrons. The van der Waals surface area contributed by atoms with Crippen molar-refractivity contribution in [2.45, 2.75) is 39.5 Å². The fourth-order valence-electron chi connectivity index (χ4n) is 2.25. The maximum Gasteiger partial charge on any atom is 0.360 e. The van der Waals surface area contributed by atoms with Gasteiger partial charge in [0.25, 0.3) is 0 Å². The summed E-state index contributed by atoms with van der Waals surface area (Å²) >= 11 is 0. The van der Waals surface area contributed by atoms with E-state index in [9.17, 15) is 4.79 Å². The van der Waals surface area contributed by atoms with Crippen LogP contribution in [0.1, 0.15) is 41.6 Å². The second-order valence-electron chi connectivity index (χ2n) is 5.53. The van der Waals surface area contributed by atoms with Crippen molar-refractivity contribution in [2.75, 3.05) is 0 Å². The van der Waals surface area contributed by atoms with Crippen molar-refractivity contribution in [3.8, 4) is 0 Å². The van der Waals surface area contributed by atoms with Crippen LogP contribution < -0.4 is 0 Å². The highest BCUT2D eigenvalue weighted by atomic mass is 16.5. The molecule has 0 aliphatic rings. The van der Waals surface area contributed by atoms with Crippen LogP contribution in [0.4, 0.5) is 0 Å². The summed E-state index contributed by atoms with van der Waals surface area (Å²) in [6, 6.07) is 9.81. The van der Waals surface area contributed by atoms with Crippen LogP contribution in [-0.2, 0) is 24.4 Å². The standard InChI is InChI=1S/C16H19N7O2/c1-2-3-9-23-15(18-19-21-23)12-25-16(24)14-11-22(20-17-14)10-13-7-5-4-6-8-13/h4-8,11H,2-3,9-10,12H2,1H3. The number of unbranched alkanes of at least 4 members (excludes halogenated alkanes) is 1. The number of carbonyl (C=O) groups is 1. The van der Waals surface area contributed by atoms with Gasteiger partial charge in [-0.25, -0.2) is 14.2 Å². The van der Waals surface area contributed by atoms with Gasteiger partial charge in [-0.2, -0.15) is 0 Å². The molecule has 0 spiro atoms. The maximum absolute atomic E-state index is 12.1. The second kappa shape index (κ2) is 8.13. The Balaban J connectivity index is 1.56. The Kier molecular flexibility index (Phi) is 5.45. The fraction of sp³-hybridized carbons (Fsp3) is 0.375. The number of hydrogen-bond donors (Lipinski definition) is 0. The first-order valence-electron chi connectivity index (χ1n) is 8.12. The van der Waals surface area contributed by atoms with Crippen molar-refractivity contribution in [1.29, 1.82) is 0 Å². The predicted molar refractivity (Wildman–Crippen MR) is 87.4 cm³/mol. The smallest absolute Gasteiger partial charge is 0.360 e. The van der Waals surface area contributed by atoms with Crippen molar-refractivity contribution in [2.24, 2.45) is 0 Å². The molecular weight excluding hydrogens is 322 g/mol. The zero-order valence-electron chi connectivity index (χ0n) is 13.9. The summed E-state index contributed by atoms with van der Waals surface area (Å²) in [5.74, 6) is -0.0390. The summed E-state index contributed by atoms with van der Waals surface area (Å²) in [5, 5.41) is 19.2. The Labute approximate surface area is 144 Å². The lowest BCUT2D eigenvalue weighted by Gasteiger charge is -2.04. The molecule has 9 nitrogen and oxygen atoms in total. The largest absolute Gasteiger partial charge is 0.453 e. The lowest BCUT2D eigenvalue weighted by Crippen LogP contribution is -2.11. The number of carbonyl (C=O) groups excluding carboxylic acids is 1. The van der Waals surface area contributed by atoms with Crippen LogP contribution in [0.5, 0.6) is 0 Å². The number of ether oxygens (including phenoxy) is 1. The predicted octanol–water partition coefficient (Wildman–Crippen LogP) is 1.47. The Hall–Kier alpha value is -3.10. The molecule has 1 aromatic carbocycles. The lowest BCUT2D eigenvalue weighted by atomic mass is 10.2. The van der Waals surface area contributed by atoms with Gasteiger partial charge in [0.2, 0.25) is 0 Å². The molecule has 2 heterocycles. The van der Waals surface area contributed by atoms with Crippen LogP contribution in [-0.4, -0.2) is 41.2 Å². The van der Waals surface area contributed by atoms with Gasteiger partial charge >= 0.3 is 5.97 Å². The third kappa shape index (κ3) is 4.46. The van der Waals surface area contributed by atoms with Gasteiger partial charge in [-0.3, -0.25) is 0 Å². The third-order valence-electron chi connectivity index (χ3n) is 3.60. The monoisotopic (exact) mass is 341 g/mol. The van der Waals surface area contributed by atoms with Gasteiger partial charge in [0.05, 0.1) is 12.7 Å². The average molecular weight is 341 g/mol.